The molecule has 10 heteroatoms. The van der Waals surface area contributed by atoms with Crippen LogP contribution in [0.4, 0.5) is 17.1 Å². The van der Waals surface area contributed by atoms with E-state index in [0.29, 0.717) is 51.1 Å². The van der Waals surface area contributed by atoms with Crippen LogP contribution < -0.4 is 25.0 Å². The van der Waals surface area contributed by atoms with Crippen molar-refractivity contribution in [3.63, 3.8) is 0 Å². The van der Waals surface area contributed by atoms with E-state index in [2.05, 4.69) is 15.8 Å². The van der Waals surface area contributed by atoms with E-state index in [4.69, 9.17) is 14.0 Å². The first-order valence-corrected chi connectivity index (χ1v) is 13.9. The van der Waals surface area contributed by atoms with Gasteiger partial charge in [-0.15, -0.1) is 0 Å². The van der Waals surface area contributed by atoms with Crippen molar-refractivity contribution >= 4 is 46.8 Å². The van der Waals surface area contributed by atoms with Crippen LogP contribution in [-0.2, 0) is 19.9 Å². The van der Waals surface area contributed by atoms with Gasteiger partial charge in [0.25, 0.3) is 5.91 Å². The van der Waals surface area contributed by atoms with Gasteiger partial charge in [-0.3, -0.25) is 14.4 Å². The van der Waals surface area contributed by atoms with Crippen LogP contribution in [0.15, 0.2) is 71.3 Å². The molecule has 3 aliphatic rings. The first-order chi connectivity index (χ1) is 20.8. The number of ketones is 1. The molecule has 7 rings (SSSR count). The Balaban J connectivity index is 1.46. The van der Waals surface area contributed by atoms with Gasteiger partial charge in [0.05, 0.1) is 20.1 Å². The van der Waals surface area contributed by atoms with Crippen molar-refractivity contribution in [1.82, 2.24) is 5.16 Å². The van der Waals surface area contributed by atoms with Gasteiger partial charge in [-0.05, 0) is 60.5 Å². The van der Waals surface area contributed by atoms with Crippen LogP contribution in [-0.4, -0.2) is 43.0 Å². The molecule has 4 heterocycles. The third-order valence-corrected chi connectivity index (χ3v) is 8.52. The predicted octanol–water partition coefficient (Wildman–Crippen LogP) is 4.90. The molecule has 3 unspecified atom stereocenters. The first kappa shape index (κ1) is 26.5. The van der Waals surface area contributed by atoms with Crippen molar-refractivity contribution in [3.05, 3.63) is 94.9 Å². The van der Waals surface area contributed by atoms with E-state index < -0.39 is 17.5 Å². The summed E-state index contributed by atoms with van der Waals surface area (Å²) in [6.07, 6.45) is 3.47. The number of aryl methyl sites for hydroxylation is 1. The molecular weight excluding hydrogens is 548 g/mol. The van der Waals surface area contributed by atoms with Crippen LogP contribution in [0.5, 0.6) is 11.5 Å². The van der Waals surface area contributed by atoms with Gasteiger partial charge in [-0.1, -0.05) is 41.6 Å². The largest absolute Gasteiger partial charge is 0.497 e. The maximum Gasteiger partial charge on any atom is 0.255 e. The molecule has 2 N–H and O–H groups in total. The third kappa shape index (κ3) is 3.93. The van der Waals surface area contributed by atoms with Crippen molar-refractivity contribution in [1.29, 1.82) is 0 Å². The Bertz CT molecular complexity index is 1830. The second-order valence-corrected chi connectivity index (χ2v) is 10.8. The smallest absolute Gasteiger partial charge is 0.255 e. The predicted molar refractivity (Wildman–Crippen MR) is 160 cm³/mol. The molecule has 4 aromatic rings. The van der Waals surface area contributed by atoms with Gasteiger partial charge in [0.15, 0.2) is 17.1 Å². The number of benzene rings is 3. The van der Waals surface area contributed by atoms with Crippen LogP contribution >= 0.6 is 0 Å². The number of aromatic nitrogens is 1. The summed E-state index contributed by atoms with van der Waals surface area (Å²) in [4.78, 5) is 43.9. The molecular formula is C33H28N4O6. The Morgan fingerprint density at radius 2 is 1.65 bits per heavy atom. The zero-order valence-electron chi connectivity index (χ0n) is 23.7. The Labute approximate surface area is 247 Å². The number of nitrogens with zero attached hydrogens (tertiary/aromatic N) is 2. The molecule has 3 atom stereocenters. The van der Waals surface area contributed by atoms with Crippen molar-refractivity contribution in [2.45, 2.75) is 30.8 Å². The minimum atomic E-state index is -1.49. The average Bonchev–Trinajstić information content (AvgIpc) is 3.71. The Hall–Kier alpha value is -5.38. The average molecular weight is 577 g/mol. The highest BCUT2D eigenvalue weighted by molar-refractivity contribution is 6.17. The number of amides is 2. The van der Waals surface area contributed by atoms with Crippen molar-refractivity contribution in [2.75, 3.05) is 29.8 Å². The summed E-state index contributed by atoms with van der Waals surface area (Å²) < 4.78 is 16.8. The number of carbonyl (C=O) groups is 3. The highest BCUT2D eigenvalue weighted by atomic mass is 16.5. The third-order valence-electron chi connectivity index (χ3n) is 8.52. The zero-order valence-corrected chi connectivity index (χ0v) is 23.7. The summed E-state index contributed by atoms with van der Waals surface area (Å²) in [6, 6.07) is 19.2. The van der Waals surface area contributed by atoms with Gasteiger partial charge in [0.1, 0.15) is 28.9 Å². The summed E-state index contributed by atoms with van der Waals surface area (Å²) in [5, 5.41) is 10.2. The van der Waals surface area contributed by atoms with E-state index in [0.717, 1.165) is 5.56 Å². The molecule has 43 heavy (non-hydrogen) atoms. The number of carbonyl (C=O) groups excluding carboxylic acids is 3. The molecule has 1 spiro atoms. The fourth-order valence-corrected chi connectivity index (χ4v) is 6.58. The van der Waals surface area contributed by atoms with Crippen LogP contribution in [0.25, 0.3) is 12.2 Å². The fraction of sp³-hybridized carbons (Fsp3) is 0.212. The maximum atomic E-state index is 14.3. The molecule has 10 nitrogen and oxygen atoms in total. The van der Waals surface area contributed by atoms with E-state index in [1.165, 1.54) is 0 Å². The molecule has 1 aromatic heterocycles. The Kier molecular flexibility index (Phi) is 6.08. The van der Waals surface area contributed by atoms with Gasteiger partial charge in [-0.25, -0.2) is 0 Å². The van der Waals surface area contributed by atoms with Crippen LogP contribution in [0.2, 0.25) is 0 Å². The molecule has 3 aromatic carbocycles. The number of Topliss-reactive ketones (excluding diaryl/α,β-unsaturated/α-hetero) is 1. The molecule has 2 amide bonds. The molecule has 216 valence electrons. The number of anilines is 3. The second kappa shape index (κ2) is 9.87. The normalized spacial score (nSPS) is 22.2. The molecule has 1 saturated heterocycles. The maximum absolute atomic E-state index is 14.3. The van der Waals surface area contributed by atoms with Gasteiger partial charge >= 0.3 is 0 Å². The lowest BCUT2D eigenvalue weighted by atomic mass is 9.87. The standard InChI is InChI=1S/C33H28N4O6/c1-18-29(27(43-36-18)14-9-19-7-5-4-6-8-19)37-30(28-22-15-20(41-2)10-12-24(22)34-31(28)39)26(38)17-33(37)23-16-21(42-3)11-13-25(23)35-32(33)40/h4-16,28,30H,17H2,1-3H3,(H,34,39)(H,35,40)/b14-9+. The number of rotatable bonds is 6. The SMILES string of the molecule is COc1ccc2c(c1)C(C1C(=O)CC3(C(=O)Nc4ccc(OC)cc43)N1c1c(C)noc1/C=C/c1ccccc1)C(=O)N2. The summed E-state index contributed by atoms with van der Waals surface area (Å²) in [7, 11) is 3.09. The zero-order chi connectivity index (χ0) is 29.9. The molecule has 3 aliphatic heterocycles. The van der Waals surface area contributed by atoms with E-state index in [1.807, 2.05) is 36.4 Å². The second-order valence-electron chi connectivity index (χ2n) is 10.8. The highest BCUT2D eigenvalue weighted by Crippen LogP contribution is 2.55. The quantitative estimate of drug-likeness (QED) is 0.332. The number of hydrogen-bond donors (Lipinski definition) is 2. The number of nitrogens with one attached hydrogen (secondary N) is 2. The van der Waals surface area contributed by atoms with Gasteiger partial charge in [0.2, 0.25) is 5.91 Å². The molecule has 0 saturated carbocycles. The highest BCUT2D eigenvalue weighted by Gasteiger charge is 2.64. The van der Waals surface area contributed by atoms with E-state index in [1.54, 1.807) is 68.5 Å². The molecule has 1 fully saturated rings. The first-order valence-electron chi connectivity index (χ1n) is 13.9. The Morgan fingerprint density at radius 3 is 2.40 bits per heavy atom. The van der Waals surface area contributed by atoms with Crippen molar-refractivity contribution in [2.24, 2.45) is 0 Å². The topological polar surface area (TPSA) is 123 Å². The molecule has 0 radical (unpaired) electrons. The number of hydrogen-bond acceptors (Lipinski definition) is 8. The minimum Gasteiger partial charge on any atom is -0.497 e. The van der Waals surface area contributed by atoms with Crippen LogP contribution in [0.1, 0.15) is 40.5 Å². The minimum absolute atomic E-state index is 0.167. The number of fused-ring (bicyclic) bond motifs is 3. The summed E-state index contributed by atoms with van der Waals surface area (Å²) in [5.74, 6) is -0.481. The fourth-order valence-electron chi connectivity index (χ4n) is 6.58. The Morgan fingerprint density at radius 1 is 0.930 bits per heavy atom. The van der Waals surface area contributed by atoms with Crippen LogP contribution in [0, 0.1) is 6.92 Å². The molecule has 0 aliphatic carbocycles. The summed E-state index contributed by atoms with van der Waals surface area (Å²) in [5.41, 5.74) is 2.72. The summed E-state index contributed by atoms with van der Waals surface area (Å²) in [6.45, 7) is 1.76. The lowest BCUT2D eigenvalue weighted by Gasteiger charge is -2.39. The van der Waals surface area contributed by atoms with Gasteiger partial charge in [0, 0.05) is 23.4 Å². The lowest BCUT2D eigenvalue weighted by Crippen LogP contribution is -2.53. The monoisotopic (exact) mass is 576 g/mol. The van der Waals surface area contributed by atoms with E-state index >= 15 is 0 Å². The lowest BCUT2D eigenvalue weighted by molar-refractivity contribution is -0.124. The van der Waals surface area contributed by atoms with E-state index in [-0.39, 0.29) is 24.0 Å². The number of methoxy groups -OCH3 is 2. The van der Waals surface area contributed by atoms with Crippen molar-refractivity contribution < 1.29 is 28.4 Å². The van der Waals surface area contributed by atoms with Gasteiger partial charge in [-0.2, -0.15) is 0 Å². The van der Waals surface area contributed by atoms with Crippen molar-refractivity contribution in [3.8, 4) is 11.5 Å². The van der Waals surface area contributed by atoms with E-state index in [9.17, 15) is 14.4 Å². The number of ether oxygens (including phenoxy) is 2. The molecule has 0 bridgehead atoms. The van der Waals surface area contributed by atoms with Gasteiger partial charge < -0.3 is 29.5 Å². The summed E-state index contributed by atoms with van der Waals surface area (Å²) >= 11 is 0. The van der Waals surface area contributed by atoms with Crippen LogP contribution in [0.3, 0.4) is 0 Å².